The van der Waals surface area contributed by atoms with Gasteiger partial charge < -0.3 is 0 Å². The zero-order valence-electron chi connectivity index (χ0n) is 24.6. The molecule has 0 aliphatic carbocycles. The topological polar surface area (TPSA) is 52.6 Å². The zero-order chi connectivity index (χ0) is 29.9. The van der Waals surface area contributed by atoms with Gasteiger partial charge in [0.1, 0.15) is 0 Å². The van der Waals surface area contributed by atoms with E-state index in [1.165, 1.54) is 0 Å². The number of carbonyl (C=O) groups excluding carboxylic acids is 2. The SMILES string of the molecule is Cc1ccc(C(=O)[O][Sb]([O]C(=O)c2ccc(C)cc2)([c]2ccc(C)cc2)([c]2ccc(C)cc2)[c]2ccc(C)cc2)cc1. The summed E-state index contributed by atoms with van der Waals surface area (Å²) in [5.41, 5.74) is 5.93. The van der Waals surface area contributed by atoms with E-state index in [4.69, 9.17) is 6.03 Å². The van der Waals surface area contributed by atoms with E-state index in [2.05, 4.69) is 0 Å². The second-order valence-corrected chi connectivity index (χ2v) is 21.9. The average Bonchev–Trinajstić information content (AvgIpc) is 2.98. The molecule has 0 N–H and O–H groups in total. The molecule has 5 heteroatoms. The Labute approximate surface area is 250 Å². The fraction of sp³-hybridized carbons (Fsp3) is 0.135. The van der Waals surface area contributed by atoms with Crippen molar-refractivity contribution in [2.45, 2.75) is 34.6 Å². The average molecular weight is 665 g/mol. The van der Waals surface area contributed by atoms with E-state index in [1.807, 2.05) is 132 Å². The van der Waals surface area contributed by atoms with Crippen molar-refractivity contribution >= 4 is 40.7 Å². The van der Waals surface area contributed by atoms with Gasteiger partial charge in [-0.1, -0.05) is 0 Å². The molecular weight excluding hydrogens is 630 g/mol. The second kappa shape index (κ2) is 11.6. The second-order valence-electron chi connectivity index (χ2n) is 11.0. The van der Waals surface area contributed by atoms with Gasteiger partial charge in [-0.05, 0) is 0 Å². The van der Waals surface area contributed by atoms with E-state index in [1.54, 1.807) is 24.3 Å². The van der Waals surface area contributed by atoms with Gasteiger partial charge in [-0.2, -0.15) is 0 Å². The molecule has 0 atom stereocenters. The Balaban J connectivity index is 1.90. The number of rotatable bonds is 7. The maximum atomic E-state index is 14.3. The van der Waals surface area contributed by atoms with Crippen LogP contribution in [-0.4, -0.2) is 30.2 Å². The summed E-state index contributed by atoms with van der Waals surface area (Å²) < 4.78 is 16.0. The molecular formula is C37H35O4Sb. The first-order chi connectivity index (χ1) is 20.1. The molecule has 4 nitrogen and oxygen atoms in total. The van der Waals surface area contributed by atoms with E-state index in [-0.39, 0.29) is 0 Å². The van der Waals surface area contributed by atoms with Crippen LogP contribution in [0.5, 0.6) is 0 Å². The predicted octanol–water partition coefficient (Wildman–Crippen LogP) is 6.36. The van der Waals surface area contributed by atoms with Crippen LogP contribution in [0, 0.1) is 34.6 Å². The summed E-state index contributed by atoms with van der Waals surface area (Å²) in [7, 11) is 0. The molecule has 0 unspecified atom stereocenters. The van der Waals surface area contributed by atoms with Gasteiger partial charge in [0.2, 0.25) is 0 Å². The Morgan fingerprint density at radius 3 is 0.833 bits per heavy atom. The number of aryl methyl sites for hydroxylation is 5. The molecule has 5 rings (SSSR count). The summed E-state index contributed by atoms with van der Waals surface area (Å²) in [5, 5.41) is 0. The van der Waals surface area contributed by atoms with E-state index in [9.17, 15) is 9.59 Å². The molecule has 0 spiro atoms. The van der Waals surface area contributed by atoms with Crippen molar-refractivity contribution in [3.05, 3.63) is 160 Å². The summed E-state index contributed by atoms with van der Waals surface area (Å²) in [6, 6.07) is 38.0. The maximum absolute atomic E-state index is 14.3. The summed E-state index contributed by atoms with van der Waals surface area (Å²) in [6.07, 6.45) is 0. The first kappa shape index (κ1) is 29.4. The van der Waals surface area contributed by atoms with E-state index in [0.29, 0.717) is 21.7 Å². The summed E-state index contributed by atoms with van der Waals surface area (Å²) in [5.74, 6) is -1.09. The van der Waals surface area contributed by atoms with Crippen LogP contribution in [0.4, 0.5) is 0 Å². The van der Waals surface area contributed by atoms with Crippen LogP contribution in [0.2, 0.25) is 0 Å². The first-order valence-corrected chi connectivity index (χ1v) is 19.9. The molecule has 0 amide bonds. The monoisotopic (exact) mass is 664 g/mol. The van der Waals surface area contributed by atoms with Gasteiger partial charge in [-0.3, -0.25) is 0 Å². The number of benzene rings is 5. The minimum absolute atomic E-state index is 0.386. The molecule has 0 aromatic heterocycles. The van der Waals surface area contributed by atoms with Crippen LogP contribution in [-0.2, 0) is 6.03 Å². The third-order valence-corrected chi connectivity index (χ3v) is 21.1. The van der Waals surface area contributed by atoms with Crippen molar-refractivity contribution in [3.63, 3.8) is 0 Å². The van der Waals surface area contributed by atoms with Gasteiger partial charge in [0.15, 0.2) is 0 Å². The molecule has 212 valence electrons. The van der Waals surface area contributed by atoms with Gasteiger partial charge in [0.05, 0.1) is 0 Å². The summed E-state index contributed by atoms with van der Waals surface area (Å²) >= 11 is -6.02. The van der Waals surface area contributed by atoms with Crippen LogP contribution in [0.25, 0.3) is 0 Å². The Morgan fingerprint density at radius 1 is 0.381 bits per heavy atom. The van der Waals surface area contributed by atoms with Crippen molar-refractivity contribution in [1.29, 1.82) is 0 Å². The van der Waals surface area contributed by atoms with Crippen LogP contribution in [0.15, 0.2) is 121 Å². The standard InChI is InChI=1S/2C8H8O2.3C7H7.Sb/c2*1-6-2-4-7(5-3-6)8(9)10;3*1-7-5-3-2-4-6-7;/h2*2-5H,1H3,(H,9,10);3*3-6H,1H3;/q;;;;;+2/p-2. The van der Waals surface area contributed by atoms with Crippen molar-refractivity contribution in [2.24, 2.45) is 0 Å². The Hall–Kier alpha value is -4.14. The molecule has 0 heterocycles. The molecule has 0 fully saturated rings. The van der Waals surface area contributed by atoms with Crippen LogP contribution < -0.4 is 10.5 Å². The third-order valence-electron chi connectivity index (χ3n) is 7.60. The van der Waals surface area contributed by atoms with E-state index < -0.39 is 30.2 Å². The molecule has 0 bridgehead atoms. The Bertz CT molecular complexity index is 1540. The molecule has 0 saturated carbocycles. The Morgan fingerprint density at radius 2 is 0.595 bits per heavy atom. The molecule has 0 saturated heterocycles. The van der Waals surface area contributed by atoms with Gasteiger partial charge in [0, 0.05) is 0 Å². The van der Waals surface area contributed by atoms with Crippen molar-refractivity contribution in [2.75, 3.05) is 0 Å². The Kier molecular flexibility index (Phi) is 8.12. The van der Waals surface area contributed by atoms with Gasteiger partial charge >= 0.3 is 251 Å². The first-order valence-electron chi connectivity index (χ1n) is 14.0. The quantitative estimate of drug-likeness (QED) is 0.190. The summed E-state index contributed by atoms with van der Waals surface area (Å²) in [4.78, 5) is 28.6. The number of hydrogen-bond acceptors (Lipinski definition) is 4. The molecule has 5 aromatic rings. The van der Waals surface area contributed by atoms with Crippen LogP contribution >= 0.6 is 0 Å². The van der Waals surface area contributed by atoms with Crippen LogP contribution in [0.3, 0.4) is 0 Å². The minimum atomic E-state index is -6.02. The van der Waals surface area contributed by atoms with E-state index >= 15 is 0 Å². The van der Waals surface area contributed by atoms with Gasteiger partial charge in [-0.15, -0.1) is 0 Å². The molecule has 5 aromatic carbocycles. The number of carbonyl (C=O) groups is 2. The van der Waals surface area contributed by atoms with Crippen molar-refractivity contribution in [1.82, 2.24) is 0 Å². The molecule has 0 aliphatic rings. The molecule has 0 aliphatic heterocycles. The van der Waals surface area contributed by atoms with Crippen molar-refractivity contribution in [3.8, 4) is 0 Å². The van der Waals surface area contributed by atoms with Crippen LogP contribution in [0.1, 0.15) is 48.5 Å². The van der Waals surface area contributed by atoms with Crippen molar-refractivity contribution < 1.29 is 15.6 Å². The predicted molar refractivity (Wildman–Crippen MR) is 171 cm³/mol. The van der Waals surface area contributed by atoms with E-state index in [0.717, 1.165) is 27.8 Å². The normalized spacial score (nSPS) is 12.2. The number of hydrogen-bond donors (Lipinski definition) is 0. The summed E-state index contributed by atoms with van der Waals surface area (Å²) in [6.45, 7) is 9.94. The van der Waals surface area contributed by atoms with Gasteiger partial charge in [-0.25, -0.2) is 0 Å². The zero-order valence-corrected chi connectivity index (χ0v) is 27.2. The third kappa shape index (κ3) is 5.40. The fourth-order valence-electron chi connectivity index (χ4n) is 5.03. The molecule has 42 heavy (non-hydrogen) atoms. The fourth-order valence-corrected chi connectivity index (χ4v) is 17.8. The van der Waals surface area contributed by atoms with Gasteiger partial charge in [0.25, 0.3) is 0 Å². The molecule has 0 radical (unpaired) electrons.